The molecule has 2 rings (SSSR count). The first kappa shape index (κ1) is 10.4. The monoisotopic (exact) mass is 198 g/mol. The molecule has 0 radical (unpaired) electrons. The van der Waals surface area contributed by atoms with Crippen molar-refractivity contribution < 1.29 is 0 Å². The second-order valence-corrected chi connectivity index (χ2v) is 4.15. The molecular weight excluding hydrogens is 176 g/mol. The van der Waals surface area contributed by atoms with Crippen LogP contribution in [0.25, 0.3) is 0 Å². The minimum absolute atomic E-state index is 1.12. The molecule has 0 amide bonds. The summed E-state index contributed by atoms with van der Waals surface area (Å²) in [4.78, 5) is 0. The van der Waals surface area contributed by atoms with Gasteiger partial charge in [-0.2, -0.15) is 5.12 Å². The van der Waals surface area contributed by atoms with Gasteiger partial charge >= 0.3 is 0 Å². The number of hydrazine groups is 2. The summed E-state index contributed by atoms with van der Waals surface area (Å²) in [6.07, 6.45) is 5.29. The lowest BCUT2D eigenvalue weighted by molar-refractivity contribution is -0.0610. The van der Waals surface area contributed by atoms with Gasteiger partial charge in [0.25, 0.3) is 0 Å². The van der Waals surface area contributed by atoms with Gasteiger partial charge in [0.2, 0.25) is 0 Å². The van der Waals surface area contributed by atoms with Crippen LogP contribution in [-0.2, 0) is 0 Å². The Morgan fingerprint density at radius 3 is 2.71 bits per heavy atom. The fraction of sp³-hybridized carbons (Fsp3) is 1.00. The van der Waals surface area contributed by atoms with E-state index in [1.807, 2.05) is 0 Å². The molecule has 0 aromatic carbocycles. The van der Waals surface area contributed by atoms with Gasteiger partial charge in [0.05, 0.1) is 0 Å². The quantitative estimate of drug-likeness (QED) is 0.629. The smallest absolute Gasteiger partial charge is 0.0290 e. The number of nitrogens with zero attached hydrogens (tertiary/aromatic N) is 2. The van der Waals surface area contributed by atoms with Gasteiger partial charge in [-0.15, -0.1) is 0 Å². The van der Waals surface area contributed by atoms with Crippen molar-refractivity contribution in [2.24, 2.45) is 0 Å². The molecule has 82 valence electrons. The van der Waals surface area contributed by atoms with E-state index in [9.17, 15) is 0 Å². The van der Waals surface area contributed by atoms with Crippen molar-refractivity contribution in [2.45, 2.75) is 25.7 Å². The largest absolute Gasteiger partial charge is 0.315 e. The van der Waals surface area contributed by atoms with E-state index in [2.05, 4.69) is 20.9 Å². The zero-order chi connectivity index (χ0) is 9.64. The van der Waals surface area contributed by atoms with Crippen LogP contribution in [0.1, 0.15) is 25.7 Å². The van der Waals surface area contributed by atoms with Crippen LogP contribution in [0.3, 0.4) is 0 Å². The van der Waals surface area contributed by atoms with Gasteiger partial charge in [0.15, 0.2) is 0 Å². The molecule has 0 bridgehead atoms. The van der Waals surface area contributed by atoms with Crippen LogP contribution in [0, 0.1) is 0 Å². The Morgan fingerprint density at radius 2 is 1.71 bits per heavy atom. The van der Waals surface area contributed by atoms with Gasteiger partial charge in [-0.1, -0.05) is 6.42 Å². The summed E-state index contributed by atoms with van der Waals surface area (Å²) >= 11 is 0. The Bertz CT molecular complexity index is 128. The fourth-order valence-electron chi connectivity index (χ4n) is 2.16. The third-order valence-electron chi connectivity index (χ3n) is 3.00. The average molecular weight is 198 g/mol. The summed E-state index contributed by atoms with van der Waals surface area (Å²) in [6.45, 7) is 6.96. The molecule has 2 aliphatic rings. The SMILES string of the molecule is C1CCNN(N2CCCNCC2)CC1. The Hall–Kier alpha value is -0.160. The Labute approximate surface area is 86.6 Å². The van der Waals surface area contributed by atoms with Gasteiger partial charge in [0.1, 0.15) is 0 Å². The molecule has 0 unspecified atom stereocenters. The summed E-state index contributed by atoms with van der Waals surface area (Å²) in [5.74, 6) is 0. The van der Waals surface area contributed by atoms with Gasteiger partial charge in [-0.25, -0.2) is 10.4 Å². The highest BCUT2D eigenvalue weighted by atomic mass is 15.8. The molecule has 4 heteroatoms. The van der Waals surface area contributed by atoms with Gasteiger partial charge in [-0.3, -0.25) is 0 Å². The first-order valence-electron chi connectivity index (χ1n) is 5.93. The van der Waals surface area contributed by atoms with E-state index in [0.717, 1.165) is 19.6 Å². The Morgan fingerprint density at radius 1 is 0.714 bits per heavy atom. The first-order valence-corrected chi connectivity index (χ1v) is 5.93. The highest BCUT2D eigenvalue weighted by Gasteiger charge is 2.17. The average Bonchev–Trinajstić information content (AvgIpc) is 2.62. The maximum atomic E-state index is 3.51. The van der Waals surface area contributed by atoms with Crippen molar-refractivity contribution in [1.82, 2.24) is 20.9 Å². The molecule has 0 saturated carbocycles. The molecule has 14 heavy (non-hydrogen) atoms. The first-order chi connectivity index (χ1) is 6.97. The van der Waals surface area contributed by atoms with E-state index in [-0.39, 0.29) is 0 Å². The number of hydrogen-bond donors (Lipinski definition) is 2. The summed E-state index contributed by atoms with van der Waals surface area (Å²) in [5.41, 5.74) is 3.51. The van der Waals surface area contributed by atoms with Gasteiger partial charge < -0.3 is 5.32 Å². The highest BCUT2D eigenvalue weighted by molar-refractivity contribution is 4.65. The Kier molecular flexibility index (Phi) is 4.19. The molecular formula is C10H22N4. The van der Waals surface area contributed by atoms with Crippen molar-refractivity contribution in [3.8, 4) is 0 Å². The minimum atomic E-state index is 1.12. The van der Waals surface area contributed by atoms with E-state index in [0.29, 0.717) is 0 Å². The van der Waals surface area contributed by atoms with Crippen molar-refractivity contribution in [3.63, 3.8) is 0 Å². The standard InChI is InChI=1S/C10H22N4/c1-2-6-12-14(9-3-1)13-8-4-5-11-7-10-13/h11-12H,1-10H2. The maximum Gasteiger partial charge on any atom is 0.0290 e. The Balaban J connectivity index is 1.83. The molecule has 0 spiro atoms. The molecule has 0 atom stereocenters. The summed E-state index contributed by atoms with van der Waals surface area (Å²) < 4.78 is 0. The van der Waals surface area contributed by atoms with Crippen LogP contribution < -0.4 is 10.7 Å². The van der Waals surface area contributed by atoms with Crippen LogP contribution in [0.5, 0.6) is 0 Å². The lowest BCUT2D eigenvalue weighted by Crippen LogP contribution is -2.51. The van der Waals surface area contributed by atoms with Crippen molar-refractivity contribution >= 4 is 0 Å². The van der Waals surface area contributed by atoms with Crippen LogP contribution in [-0.4, -0.2) is 49.4 Å². The van der Waals surface area contributed by atoms with Gasteiger partial charge in [0, 0.05) is 32.7 Å². The second kappa shape index (κ2) is 5.66. The number of nitrogens with one attached hydrogen (secondary N) is 2. The summed E-state index contributed by atoms with van der Waals surface area (Å²) in [6, 6.07) is 0. The van der Waals surface area contributed by atoms with E-state index in [1.165, 1.54) is 45.3 Å². The predicted molar refractivity (Wildman–Crippen MR) is 57.6 cm³/mol. The fourth-order valence-corrected chi connectivity index (χ4v) is 2.16. The molecule has 0 aromatic rings. The third-order valence-corrected chi connectivity index (χ3v) is 3.00. The zero-order valence-electron chi connectivity index (χ0n) is 8.97. The van der Waals surface area contributed by atoms with E-state index < -0.39 is 0 Å². The van der Waals surface area contributed by atoms with E-state index >= 15 is 0 Å². The van der Waals surface area contributed by atoms with Gasteiger partial charge in [-0.05, 0) is 25.8 Å². The minimum Gasteiger partial charge on any atom is -0.315 e. The number of hydrogen-bond acceptors (Lipinski definition) is 4. The molecule has 2 heterocycles. The molecule has 2 N–H and O–H groups in total. The molecule has 0 aliphatic carbocycles. The molecule has 0 aromatic heterocycles. The lowest BCUT2D eigenvalue weighted by atomic mass is 10.2. The van der Waals surface area contributed by atoms with Crippen LogP contribution in [0.15, 0.2) is 0 Å². The van der Waals surface area contributed by atoms with Crippen LogP contribution >= 0.6 is 0 Å². The summed E-state index contributed by atoms with van der Waals surface area (Å²) in [7, 11) is 0. The van der Waals surface area contributed by atoms with Crippen molar-refractivity contribution in [3.05, 3.63) is 0 Å². The molecule has 2 fully saturated rings. The topological polar surface area (TPSA) is 30.5 Å². The predicted octanol–water partition coefficient (Wildman–Crippen LogP) is 0.187. The number of rotatable bonds is 1. The third kappa shape index (κ3) is 2.92. The molecule has 2 saturated heterocycles. The normalized spacial score (nSPS) is 28.3. The van der Waals surface area contributed by atoms with Crippen LogP contribution in [0.2, 0.25) is 0 Å². The molecule has 4 nitrogen and oxygen atoms in total. The van der Waals surface area contributed by atoms with Crippen molar-refractivity contribution in [1.29, 1.82) is 0 Å². The van der Waals surface area contributed by atoms with Crippen molar-refractivity contribution in [2.75, 3.05) is 39.3 Å². The summed E-state index contributed by atoms with van der Waals surface area (Å²) in [5, 5.41) is 8.25. The second-order valence-electron chi connectivity index (χ2n) is 4.15. The lowest BCUT2D eigenvalue weighted by Gasteiger charge is -2.33. The highest BCUT2D eigenvalue weighted by Crippen LogP contribution is 2.06. The van der Waals surface area contributed by atoms with E-state index in [4.69, 9.17) is 0 Å². The van der Waals surface area contributed by atoms with E-state index in [1.54, 1.807) is 0 Å². The zero-order valence-corrected chi connectivity index (χ0v) is 8.97. The maximum absolute atomic E-state index is 3.51. The molecule has 2 aliphatic heterocycles. The van der Waals surface area contributed by atoms with Crippen LogP contribution in [0.4, 0.5) is 0 Å².